The molecule has 0 unspecified atom stereocenters. The molecule has 3 aromatic rings. The maximum atomic E-state index is 11.3. The molecule has 0 atom stereocenters. The van der Waals surface area contributed by atoms with Crippen molar-refractivity contribution in [1.29, 1.82) is 0 Å². The number of carbonyl (C=O) groups excluding carboxylic acids is 1. The van der Waals surface area contributed by atoms with E-state index in [2.05, 4.69) is 27.9 Å². The fraction of sp³-hybridized carbons (Fsp3) is 0.100. The van der Waals surface area contributed by atoms with Gasteiger partial charge in [0.2, 0.25) is 0 Å². The van der Waals surface area contributed by atoms with Gasteiger partial charge in [0.15, 0.2) is 37.9 Å². The molecule has 0 bridgehead atoms. The summed E-state index contributed by atoms with van der Waals surface area (Å²) in [6.45, 7) is 1.39. The van der Waals surface area contributed by atoms with Crippen LogP contribution in [-0.4, -0.2) is 17.3 Å². The first-order valence-corrected chi connectivity index (χ1v) is 8.17. The van der Waals surface area contributed by atoms with Gasteiger partial charge in [-0.2, -0.15) is 4.57 Å². The zero-order valence-electron chi connectivity index (χ0n) is 15.0. The summed E-state index contributed by atoms with van der Waals surface area (Å²) in [6, 6.07) is 15.6. The first-order valence-electron chi connectivity index (χ1n) is 8.17. The third-order valence-electron chi connectivity index (χ3n) is 3.99. The number of amides is 1. The molecular weight excluding hydrogens is 488 g/mol. The van der Waals surface area contributed by atoms with Crippen molar-refractivity contribution in [3.05, 3.63) is 95.6 Å². The average molecular weight is 508 g/mol. The van der Waals surface area contributed by atoms with Crippen molar-refractivity contribution in [3.8, 4) is 0 Å². The zero-order valence-corrected chi connectivity index (χ0v) is 18.1. The Kier molecular flexibility index (Phi) is 9.47. The molecule has 3 N–H and O–H groups in total. The lowest BCUT2D eigenvalue weighted by Crippen LogP contribution is -3.00. The van der Waals surface area contributed by atoms with E-state index in [1.54, 1.807) is 12.3 Å². The number of hydrogen-bond donors (Lipinski definition) is 2. The highest BCUT2D eigenvalue weighted by Gasteiger charge is 2.09. The Morgan fingerprint density at radius 3 is 2.21 bits per heavy atom. The quantitative estimate of drug-likeness (QED) is 0.152. The van der Waals surface area contributed by atoms with Crippen molar-refractivity contribution in [2.24, 2.45) is 10.9 Å². The second-order valence-corrected chi connectivity index (χ2v) is 6.00. The molecular formula is C20H20Br2N4O2. The van der Waals surface area contributed by atoms with Crippen LogP contribution < -0.4 is 48.8 Å². The van der Waals surface area contributed by atoms with E-state index in [1.807, 2.05) is 47.4 Å². The van der Waals surface area contributed by atoms with E-state index >= 15 is 0 Å². The molecule has 0 spiro atoms. The van der Waals surface area contributed by atoms with Gasteiger partial charge in [-0.25, -0.2) is 4.57 Å². The molecule has 3 rings (SSSR count). The molecule has 0 aliphatic carbocycles. The van der Waals surface area contributed by atoms with Crippen LogP contribution in [0.3, 0.4) is 0 Å². The molecule has 0 saturated carbocycles. The van der Waals surface area contributed by atoms with Gasteiger partial charge < -0.3 is 44.9 Å². The first kappa shape index (κ1) is 23.5. The summed E-state index contributed by atoms with van der Waals surface area (Å²) in [6.07, 6.45) is 8.94. The third-order valence-corrected chi connectivity index (χ3v) is 3.99. The maximum Gasteiger partial charge on any atom is 0.254 e. The molecule has 2 heterocycles. The number of halogens is 2. The molecule has 1 aromatic carbocycles. The number of aromatic nitrogens is 2. The van der Waals surface area contributed by atoms with Gasteiger partial charge in [0, 0.05) is 34.9 Å². The fourth-order valence-corrected chi connectivity index (χ4v) is 2.74. The molecule has 0 aliphatic rings. The summed E-state index contributed by atoms with van der Waals surface area (Å²) in [4.78, 5) is 11.3. The van der Waals surface area contributed by atoms with E-state index in [4.69, 9.17) is 10.9 Å². The zero-order chi connectivity index (χ0) is 18.4. The van der Waals surface area contributed by atoms with Crippen LogP contribution in [0.25, 0.3) is 0 Å². The molecule has 0 aliphatic heterocycles. The van der Waals surface area contributed by atoms with Gasteiger partial charge in [-0.1, -0.05) is 23.4 Å². The van der Waals surface area contributed by atoms with Crippen LogP contribution >= 0.6 is 0 Å². The second kappa shape index (κ2) is 11.3. The Hall–Kier alpha value is -2.58. The van der Waals surface area contributed by atoms with E-state index < -0.39 is 5.91 Å². The number of nitrogens with zero attached hydrogens (tertiary/aromatic N) is 3. The Labute approximate surface area is 184 Å². The number of pyridine rings is 2. The van der Waals surface area contributed by atoms with Crippen molar-refractivity contribution in [2.45, 2.75) is 13.1 Å². The minimum absolute atomic E-state index is 0. The number of nitrogens with two attached hydrogens (primary N) is 1. The van der Waals surface area contributed by atoms with Crippen molar-refractivity contribution >= 4 is 12.1 Å². The van der Waals surface area contributed by atoms with Crippen LogP contribution in [0.4, 0.5) is 0 Å². The Bertz CT molecular complexity index is 947. The van der Waals surface area contributed by atoms with Crippen molar-refractivity contribution in [3.63, 3.8) is 0 Å². The van der Waals surface area contributed by atoms with Crippen molar-refractivity contribution in [1.82, 2.24) is 0 Å². The topological polar surface area (TPSA) is 83.4 Å². The molecule has 6 nitrogen and oxygen atoms in total. The lowest BCUT2D eigenvalue weighted by Gasteiger charge is -2.02. The van der Waals surface area contributed by atoms with Crippen LogP contribution in [0.15, 0.2) is 78.5 Å². The highest BCUT2D eigenvalue weighted by molar-refractivity contribution is 5.92. The highest BCUT2D eigenvalue weighted by atomic mass is 79.9. The maximum absolute atomic E-state index is 11.3. The lowest BCUT2D eigenvalue weighted by molar-refractivity contribution is -0.689. The van der Waals surface area contributed by atoms with E-state index in [0.717, 1.165) is 17.7 Å². The standard InChI is InChI=1S/C20H18N4O2.2BrH/c21-20(25)19-5-2-8-24(15-19)14-18-4-1-3-17(11-18)13-23-9-6-16(7-10-23)12-22-26;;/h1-12,15H,13-14H2,(H-,21,25);2*1H. The van der Waals surface area contributed by atoms with Gasteiger partial charge in [0.05, 0.1) is 6.21 Å². The van der Waals surface area contributed by atoms with Crippen LogP contribution in [0.1, 0.15) is 27.0 Å². The Morgan fingerprint density at radius 1 is 0.964 bits per heavy atom. The number of primary amides is 1. The first-order chi connectivity index (χ1) is 12.6. The molecule has 1 amide bonds. The summed E-state index contributed by atoms with van der Waals surface area (Å²) in [5.74, 6) is -0.431. The SMILES string of the molecule is NC(=O)c1ccc[n+](Cc2cccc(C[n+]3ccc(/C=N/O)cc3)c2)c1.[Br-].[Br-]. The van der Waals surface area contributed by atoms with Crippen LogP contribution in [0.2, 0.25) is 0 Å². The van der Waals surface area contributed by atoms with Gasteiger partial charge in [-0.15, -0.1) is 0 Å². The Morgan fingerprint density at radius 2 is 1.61 bits per heavy atom. The van der Waals surface area contributed by atoms with Crippen LogP contribution in [0, 0.1) is 0 Å². The van der Waals surface area contributed by atoms with Gasteiger partial charge >= 0.3 is 0 Å². The normalized spacial score (nSPS) is 10.1. The largest absolute Gasteiger partial charge is 1.00 e. The third kappa shape index (κ3) is 6.54. The average Bonchev–Trinajstić information content (AvgIpc) is 2.64. The molecule has 146 valence electrons. The molecule has 8 heteroatoms. The van der Waals surface area contributed by atoms with E-state index in [0.29, 0.717) is 12.1 Å². The van der Waals surface area contributed by atoms with Gasteiger partial charge in [0.25, 0.3) is 5.91 Å². The summed E-state index contributed by atoms with van der Waals surface area (Å²) in [7, 11) is 0. The lowest BCUT2D eigenvalue weighted by atomic mass is 10.1. The van der Waals surface area contributed by atoms with Gasteiger partial charge in [-0.05, 0) is 12.1 Å². The van der Waals surface area contributed by atoms with Crippen LogP contribution in [0.5, 0.6) is 0 Å². The number of benzene rings is 1. The van der Waals surface area contributed by atoms with Crippen LogP contribution in [-0.2, 0) is 13.1 Å². The Balaban J connectivity index is 0.00000196. The fourth-order valence-electron chi connectivity index (χ4n) is 2.74. The molecule has 0 fully saturated rings. The van der Waals surface area contributed by atoms with Crippen molar-refractivity contribution in [2.75, 3.05) is 0 Å². The minimum atomic E-state index is -0.431. The number of carbonyl (C=O) groups is 1. The van der Waals surface area contributed by atoms with E-state index in [-0.39, 0.29) is 34.0 Å². The summed E-state index contributed by atoms with van der Waals surface area (Å²) >= 11 is 0. The minimum Gasteiger partial charge on any atom is -1.00 e. The molecule has 0 radical (unpaired) electrons. The number of oxime groups is 1. The molecule has 2 aromatic heterocycles. The van der Waals surface area contributed by atoms with E-state index in [9.17, 15) is 4.79 Å². The summed E-state index contributed by atoms with van der Waals surface area (Å²) in [5.41, 5.74) is 8.97. The monoisotopic (exact) mass is 506 g/mol. The second-order valence-electron chi connectivity index (χ2n) is 6.00. The number of rotatable bonds is 6. The highest BCUT2D eigenvalue weighted by Crippen LogP contribution is 2.05. The number of hydrogen-bond acceptors (Lipinski definition) is 3. The van der Waals surface area contributed by atoms with Crippen molar-refractivity contribution < 1.29 is 53.1 Å². The smallest absolute Gasteiger partial charge is 0.254 e. The molecule has 0 saturated heterocycles. The predicted octanol–water partition coefficient (Wildman–Crippen LogP) is -4.73. The predicted molar refractivity (Wildman–Crippen MR) is 95.8 cm³/mol. The summed E-state index contributed by atoms with van der Waals surface area (Å²) in [5, 5.41) is 11.6. The molecule has 28 heavy (non-hydrogen) atoms. The summed E-state index contributed by atoms with van der Waals surface area (Å²) < 4.78 is 3.99. The van der Waals surface area contributed by atoms with Gasteiger partial charge in [0.1, 0.15) is 5.56 Å². The van der Waals surface area contributed by atoms with Gasteiger partial charge in [-0.3, -0.25) is 4.79 Å². The van der Waals surface area contributed by atoms with E-state index in [1.165, 1.54) is 11.8 Å².